The molecular formula is C11H21N3O4. The fraction of sp³-hybridized carbons (Fsp3) is 0.727. The van der Waals surface area contributed by atoms with Crippen molar-refractivity contribution in [3.05, 3.63) is 0 Å². The van der Waals surface area contributed by atoms with Gasteiger partial charge in [0.1, 0.15) is 11.6 Å². The second-order valence-corrected chi connectivity index (χ2v) is 4.54. The standard InChI is InChI=1S/C11H21N3O4/c1-6-11(3,9(16)17)13-10(18)12-7(2)8(15)14(4)5/h7H,6H2,1-5H3,(H,16,17)(H2,12,13,18). The number of carboxylic acid groups (broad SMARTS) is 1. The lowest BCUT2D eigenvalue weighted by atomic mass is 10.00. The highest BCUT2D eigenvalue weighted by molar-refractivity contribution is 5.89. The number of carbonyl (C=O) groups excluding carboxylic acids is 2. The molecule has 0 saturated carbocycles. The number of urea groups is 1. The predicted molar refractivity (Wildman–Crippen MR) is 66.2 cm³/mol. The van der Waals surface area contributed by atoms with E-state index in [-0.39, 0.29) is 12.3 Å². The van der Waals surface area contributed by atoms with Crippen molar-refractivity contribution < 1.29 is 19.5 Å². The molecule has 0 aliphatic heterocycles. The summed E-state index contributed by atoms with van der Waals surface area (Å²) in [6, 6.07) is -1.39. The molecule has 0 aliphatic rings. The molecule has 7 nitrogen and oxygen atoms in total. The van der Waals surface area contributed by atoms with Gasteiger partial charge in [0.25, 0.3) is 0 Å². The Morgan fingerprint density at radius 2 is 1.83 bits per heavy atom. The average molecular weight is 259 g/mol. The predicted octanol–water partition coefficient (Wildman–Crippen LogP) is 0.0156. The topological polar surface area (TPSA) is 98.7 Å². The zero-order valence-electron chi connectivity index (χ0n) is 11.4. The molecular weight excluding hydrogens is 238 g/mol. The summed E-state index contributed by atoms with van der Waals surface area (Å²) in [4.78, 5) is 35.5. The molecule has 18 heavy (non-hydrogen) atoms. The minimum atomic E-state index is -1.34. The van der Waals surface area contributed by atoms with Crippen LogP contribution in [-0.4, -0.2) is 53.6 Å². The van der Waals surface area contributed by atoms with Crippen molar-refractivity contribution in [3.8, 4) is 0 Å². The van der Waals surface area contributed by atoms with Crippen molar-refractivity contribution in [2.45, 2.75) is 38.8 Å². The summed E-state index contributed by atoms with van der Waals surface area (Å²) in [5.74, 6) is -1.38. The normalized spacial score (nSPS) is 15.2. The summed E-state index contributed by atoms with van der Waals surface area (Å²) in [7, 11) is 3.15. The number of hydrogen-bond donors (Lipinski definition) is 3. The lowest BCUT2D eigenvalue weighted by molar-refractivity contribution is -0.143. The van der Waals surface area contributed by atoms with Crippen LogP contribution in [0.25, 0.3) is 0 Å². The first kappa shape index (κ1) is 16.2. The molecule has 2 atom stereocenters. The number of amides is 3. The number of rotatable bonds is 5. The van der Waals surface area contributed by atoms with Gasteiger partial charge in [0.05, 0.1) is 0 Å². The van der Waals surface area contributed by atoms with Crippen LogP contribution < -0.4 is 10.6 Å². The van der Waals surface area contributed by atoms with E-state index in [1.807, 2.05) is 0 Å². The molecule has 0 aromatic heterocycles. The Balaban J connectivity index is 4.52. The van der Waals surface area contributed by atoms with E-state index in [4.69, 9.17) is 5.11 Å². The van der Waals surface area contributed by atoms with Crippen LogP contribution in [0.2, 0.25) is 0 Å². The van der Waals surface area contributed by atoms with E-state index >= 15 is 0 Å². The van der Waals surface area contributed by atoms with Gasteiger partial charge in [-0.3, -0.25) is 4.79 Å². The third-order valence-electron chi connectivity index (χ3n) is 2.73. The molecule has 7 heteroatoms. The number of nitrogens with zero attached hydrogens (tertiary/aromatic N) is 1. The van der Waals surface area contributed by atoms with Gasteiger partial charge in [0.2, 0.25) is 5.91 Å². The summed E-state index contributed by atoms with van der Waals surface area (Å²) >= 11 is 0. The molecule has 3 N–H and O–H groups in total. The molecule has 3 amide bonds. The third-order valence-corrected chi connectivity index (χ3v) is 2.73. The van der Waals surface area contributed by atoms with Gasteiger partial charge >= 0.3 is 12.0 Å². The molecule has 2 unspecified atom stereocenters. The quantitative estimate of drug-likeness (QED) is 0.648. The van der Waals surface area contributed by atoms with Gasteiger partial charge in [-0.2, -0.15) is 0 Å². The van der Waals surface area contributed by atoms with Crippen molar-refractivity contribution in [2.24, 2.45) is 0 Å². The molecule has 0 fully saturated rings. The van der Waals surface area contributed by atoms with E-state index in [0.29, 0.717) is 0 Å². The first-order valence-corrected chi connectivity index (χ1v) is 5.67. The lowest BCUT2D eigenvalue weighted by Crippen LogP contribution is -2.57. The maximum Gasteiger partial charge on any atom is 0.329 e. The lowest BCUT2D eigenvalue weighted by Gasteiger charge is -2.26. The van der Waals surface area contributed by atoms with Crippen LogP contribution >= 0.6 is 0 Å². The molecule has 0 heterocycles. The second-order valence-electron chi connectivity index (χ2n) is 4.54. The summed E-state index contributed by atoms with van der Waals surface area (Å²) in [5, 5.41) is 13.7. The second kappa shape index (κ2) is 6.23. The number of nitrogens with one attached hydrogen (secondary N) is 2. The summed E-state index contributed by atoms with van der Waals surface area (Å²) < 4.78 is 0. The van der Waals surface area contributed by atoms with Gasteiger partial charge in [-0.1, -0.05) is 6.92 Å². The van der Waals surface area contributed by atoms with Crippen LogP contribution in [0.1, 0.15) is 27.2 Å². The molecule has 104 valence electrons. The number of carboxylic acids is 1. The van der Waals surface area contributed by atoms with Gasteiger partial charge in [0.15, 0.2) is 0 Å². The molecule has 0 rings (SSSR count). The average Bonchev–Trinajstić information content (AvgIpc) is 2.26. The van der Waals surface area contributed by atoms with Gasteiger partial charge in [-0.25, -0.2) is 9.59 Å². The molecule has 0 spiro atoms. The smallest absolute Gasteiger partial charge is 0.329 e. The minimum Gasteiger partial charge on any atom is -0.480 e. The third kappa shape index (κ3) is 4.23. The van der Waals surface area contributed by atoms with Gasteiger partial charge < -0.3 is 20.6 Å². The van der Waals surface area contributed by atoms with E-state index < -0.39 is 23.6 Å². The van der Waals surface area contributed by atoms with Gasteiger partial charge in [-0.05, 0) is 20.3 Å². The van der Waals surface area contributed by atoms with Gasteiger partial charge in [-0.15, -0.1) is 0 Å². The number of aliphatic carboxylic acids is 1. The molecule has 0 aromatic rings. The van der Waals surface area contributed by atoms with Crippen LogP contribution in [-0.2, 0) is 9.59 Å². The molecule has 0 aromatic carbocycles. The monoisotopic (exact) mass is 259 g/mol. The number of hydrogen-bond acceptors (Lipinski definition) is 3. The maximum atomic E-state index is 11.6. The van der Waals surface area contributed by atoms with Crippen LogP contribution in [0.4, 0.5) is 4.79 Å². The Labute approximate surface area is 107 Å². The fourth-order valence-electron chi connectivity index (χ4n) is 1.23. The molecule has 0 saturated heterocycles. The van der Waals surface area contributed by atoms with Crippen LogP contribution in [0.5, 0.6) is 0 Å². The Bertz CT molecular complexity index is 343. The highest BCUT2D eigenvalue weighted by Crippen LogP contribution is 2.08. The van der Waals surface area contributed by atoms with Crippen LogP contribution in [0.15, 0.2) is 0 Å². The van der Waals surface area contributed by atoms with Gasteiger partial charge in [0, 0.05) is 14.1 Å². The van der Waals surface area contributed by atoms with Crippen molar-refractivity contribution in [3.63, 3.8) is 0 Å². The van der Waals surface area contributed by atoms with E-state index in [0.717, 1.165) is 0 Å². The van der Waals surface area contributed by atoms with Crippen molar-refractivity contribution in [2.75, 3.05) is 14.1 Å². The first-order chi connectivity index (χ1) is 8.14. The first-order valence-electron chi connectivity index (χ1n) is 5.67. The van der Waals surface area contributed by atoms with E-state index in [2.05, 4.69) is 10.6 Å². The SMILES string of the molecule is CCC(C)(NC(=O)NC(C)C(=O)N(C)C)C(=O)O. The summed E-state index contributed by atoms with van der Waals surface area (Å²) in [6.45, 7) is 4.60. The number of carbonyl (C=O) groups is 3. The Kier molecular flexibility index (Phi) is 5.61. The van der Waals surface area contributed by atoms with Crippen molar-refractivity contribution in [1.29, 1.82) is 0 Å². The maximum absolute atomic E-state index is 11.6. The van der Waals surface area contributed by atoms with E-state index in [9.17, 15) is 14.4 Å². The Hall–Kier alpha value is -1.79. The minimum absolute atomic E-state index is 0.242. The molecule has 0 aliphatic carbocycles. The molecule has 0 bridgehead atoms. The van der Waals surface area contributed by atoms with E-state index in [1.165, 1.54) is 18.7 Å². The van der Waals surface area contributed by atoms with Crippen LogP contribution in [0, 0.1) is 0 Å². The Morgan fingerprint density at radius 3 is 2.17 bits per heavy atom. The highest BCUT2D eigenvalue weighted by Gasteiger charge is 2.33. The summed E-state index contributed by atoms with van der Waals surface area (Å²) in [5.41, 5.74) is -1.34. The van der Waals surface area contributed by atoms with Crippen molar-refractivity contribution in [1.82, 2.24) is 15.5 Å². The summed E-state index contributed by atoms with van der Waals surface area (Å²) in [6.07, 6.45) is 0.242. The highest BCUT2D eigenvalue weighted by atomic mass is 16.4. The Morgan fingerprint density at radius 1 is 1.33 bits per heavy atom. The fourth-order valence-corrected chi connectivity index (χ4v) is 1.23. The van der Waals surface area contributed by atoms with Crippen LogP contribution in [0.3, 0.4) is 0 Å². The van der Waals surface area contributed by atoms with E-state index in [1.54, 1.807) is 21.0 Å². The zero-order chi connectivity index (χ0) is 14.5. The largest absolute Gasteiger partial charge is 0.480 e. The van der Waals surface area contributed by atoms with Crippen molar-refractivity contribution >= 4 is 17.9 Å². The molecule has 0 radical (unpaired) electrons. The zero-order valence-corrected chi connectivity index (χ0v) is 11.4. The number of likely N-dealkylation sites (N-methyl/N-ethyl adjacent to an activating group) is 1.